The molecule has 0 aromatic heterocycles. The summed E-state index contributed by atoms with van der Waals surface area (Å²) in [6, 6.07) is 5.12. The van der Waals surface area contributed by atoms with Crippen molar-refractivity contribution in [3.63, 3.8) is 0 Å². The number of carbonyl (C=O) groups is 1. The van der Waals surface area contributed by atoms with Crippen LogP contribution in [0.4, 0.5) is 4.39 Å². The first-order valence-electron chi connectivity index (χ1n) is 6.67. The van der Waals surface area contributed by atoms with E-state index in [4.69, 9.17) is 0 Å². The largest absolute Gasteiger partial charge is 0.356 e. The van der Waals surface area contributed by atoms with E-state index in [1.807, 2.05) is 11.8 Å². The highest BCUT2D eigenvalue weighted by atomic mass is 79.9. The predicted octanol–water partition coefficient (Wildman–Crippen LogP) is 2.34. The molecule has 1 atom stereocenters. The van der Waals surface area contributed by atoms with Crippen LogP contribution < -0.4 is 10.6 Å². The molecular weight excluding hydrogens is 343 g/mol. The van der Waals surface area contributed by atoms with Crippen molar-refractivity contribution >= 4 is 33.6 Å². The second kappa shape index (κ2) is 8.00. The summed E-state index contributed by atoms with van der Waals surface area (Å²) < 4.78 is 14.4. The maximum Gasteiger partial charge on any atom is 0.221 e. The van der Waals surface area contributed by atoms with E-state index >= 15 is 0 Å². The van der Waals surface area contributed by atoms with Gasteiger partial charge in [0.05, 0.1) is 0 Å². The Kier molecular flexibility index (Phi) is 6.32. The number of amides is 1. The second-order valence-corrected chi connectivity index (χ2v) is 6.83. The van der Waals surface area contributed by atoms with Gasteiger partial charge in [0.2, 0.25) is 5.91 Å². The number of thioether (sulfide) groups is 1. The Morgan fingerprint density at radius 1 is 1.55 bits per heavy atom. The van der Waals surface area contributed by atoms with Crippen molar-refractivity contribution in [3.05, 3.63) is 34.1 Å². The fourth-order valence-corrected chi connectivity index (χ4v) is 3.48. The lowest BCUT2D eigenvalue weighted by atomic mass is 10.1. The zero-order valence-electron chi connectivity index (χ0n) is 11.1. The summed E-state index contributed by atoms with van der Waals surface area (Å²) >= 11 is 5.19. The van der Waals surface area contributed by atoms with Gasteiger partial charge in [-0.05, 0) is 30.2 Å². The van der Waals surface area contributed by atoms with Crippen molar-refractivity contribution in [3.8, 4) is 0 Å². The minimum absolute atomic E-state index is 0.0282. The topological polar surface area (TPSA) is 41.1 Å². The standard InChI is InChI=1S/C14H18BrFN2OS/c15-11-1-2-13(16)10(7-11)3-4-18-14(19)8-12-9-20-6-5-17-12/h1-2,7,12,17H,3-6,8-9H2,(H,18,19). The van der Waals surface area contributed by atoms with Crippen LogP contribution in [0.15, 0.2) is 22.7 Å². The van der Waals surface area contributed by atoms with Crippen LogP contribution in [-0.2, 0) is 11.2 Å². The van der Waals surface area contributed by atoms with Crippen LogP contribution in [0.2, 0.25) is 0 Å². The highest BCUT2D eigenvalue weighted by molar-refractivity contribution is 9.10. The molecule has 1 unspecified atom stereocenters. The van der Waals surface area contributed by atoms with Crippen molar-refractivity contribution in [1.82, 2.24) is 10.6 Å². The second-order valence-electron chi connectivity index (χ2n) is 4.77. The van der Waals surface area contributed by atoms with Crippen LogP contribution in [0.5, 0.6) is 0 Å². The first-order valence-corrected chi connectivity index (χ1v) is 8.61. The third-order valence-corrected chi connectivity index (χ3v) is 4.78. The van der Waals surface area contributed by atoms with Crippen LogP contribution >= 0.6 is 27.7 Å². The Morgan fingerprint density at radius 3 is 3.15 bits per heavy atom. The quantitative estimate of drug-likeness (QED) is 0.846. The van der Waals surface area contributed by atoms with E-state index < -0.39 is 0 Å². The number of benzene rings is 1. The Labute approximate surface area is 131 Å². The number of hydrogen-bond acceptors (Lipinski definition) is 3. The first-order chi connectivity index (χ1) is 9.65. The number of halogens is 2. The van der Waals surface area contributed by atoms with Gasteiger partial charge in [-0.15, -0.1) is 0 Å². The Balaban J connectivity index is 1.72. The molecule has 1 fully saturated rings. The van der Waals surface area contributed by atoms with Crippen LogP contribution in [0.1, 0.15) is 12.0 Å². The molecule has 3 nitrogen and oxygen atoms in total. The van der Waals surface area contributed by atoms with E-state index in [0.717, 1.165) is 22.5 Å². The number of carbonyl (C=O) groups excluding carboxylic acids is 1. The highest BCUT2D eigenvalue weighted by Crippen LogP contribution is 2.15. The summed E-state index contributed by atoms with van der Waals surface area (Å²) in [6.07, 6.45) is 0.998. The molecule has 1 aliphatic rings. The molecule has 1 amide bonds. The molecule has 0 radical (unpaired) electrons. The van der Waals surface area contributed by atoms with E-state index in [1.165, 1.54) is 6.07 Å². The van der Waals surface area contributed by atoms with Gasteiger partial charge in [0.1, 0.15) is 5.82 Å². The lowest BCUT2D eigenvalue weighted by Gasteiger charge is -2.22. The molecule has 0 spiro atoms. The van der Waals surface area contributed by atoms with E-state index in [2.05, 4.69) is 26.6 Å². The highest BCUT2D eigenvalue weighted by Gasteiger charge is 2.16. The summed E-state index contributed by atoms with van der Waals surface area (Å²) in [5.74, 6) is 1.89. The van der Waals surface area contributed by atoms with Crippen molar-refractivity contribution in [1.29, 1.82) is 0 Å². The molecule has 6 heteroatoms. The Morgan fingerprint density at radius 2 is 2.40 bits per heavy atom. The van der Waals surface area contributed by atoms with Gasteiger partial charge < -0.3 is 10.6 Å². The van der Waals surface area contributed by atoms with E-state index in [0.29, 0.717) is 24.9 Å². The summed E-state index contributed by atoms with van der Waals surface area (Å²) in [5, 5.41) is 6.18. The van der Waals surface area contributed by atoms with Crippen molar-refractivity contribution in [2.45, 2.75) is 18.9 Å². The first kappa shape index (κ1) is 15.8. The fraction of sp³-hybridized carbons (Fsp3) is 0.500. The minimum Gasteiger partial charge on any atom is -0.356 e. The van der Waals surface area contributed by atoms with Gasteiger partial charge >= 0.3 is 0 Å². The molecular formula is C14H18BrFN2OS. The molecule has 2 rings (SSSR count). The summed E-state index contributed by atoms with van der Waals surface area (Å²) in [4.78, 5) is 11.8. The van der Waals surface area contributed by atoms with Crippen LogP contribution in [0.25, 0.3) is 0 Å². The van der Waals surface area contributed by atoms with Gasteiger partial charge in [0.15, 0.2) is 0 Å². The third kappa shape index (κ3) is 5.07. The van der Waals surface area contributed by atoms with Gasteiger partial charge in [-0.3, -0.25) is 4.79 Å². The normalized spacial score (nSPS) is 18.8. The molecule has 1 aromatic carbocycles. The molecule has 0 aliphatic carbocycles. The summed E-state index contributed by atoms with van der Waals surface area (Å²) in [5.41, 5.74) is 0.617. The van der Waals surface area contributed by atoms with Gasteiger partial charge in [-0.25, -0.2) is 4.39 Å². The molecule has 110 valence electrons. The van der Waals surface area contributed by atoms with Crippen molar-refractivity contribution in [2.75, 3.05) is 24.6 Å². The SMILES string of the molecule is O=C(CC1CSCCN1)NCCc1cc(Br)ccc1F. The zero-order valence-corrected chi connectivity index (χ0v) is 13.5. The summed E-state index contributed by atoms with van der Waals surface area (Å²) in [6.45, 7) is 1.43. The molecule has 1 aromatic rings. The van der Waals surface area contributed by atoms with Gasteiger partial charge in [0, 0.05) is 41.5 Å². The van der Waals surface area contributed by atoms with Gasteiger partial charge in [0.25, 0.3) is 0 Å². The monoisotopic (exact) mass is 360 g/mol. The Bertz CT molecular complexity index is 466. The zero-order chi connectivity index (χ0) is 14.4. The van der Waals surface area contributed by atoms with Crippen LogP contribution in [-0.4, -0.2) is 36.5 Å². The molecule has 0 saturated carbocycles. The summed E-state index contributed by atoms with van der Waals surface area (Å²) in [7, 11) is 0. The molecule has 2 N–H and O–H groups in total. The number of hydrogen-bond donors (Lipinski definition) is 2. The maximum atomic E-state index is 13.5. The molecule has 1 heterocycles. The van der Waals surface area contributed by atoms with E-state index in [1.54, 1.807) is 12.1 Å². The third-order valence-electron chi connectivity index (χ3n) is 3.15. The number of rotatable bonds is 5. The lowest BCUT2D eigenvalue weighted by molar-refractivity contribution is -0.121. The fourth-order valence-electron chi connectivity index (χ4n) is 2.12. The predicted molar refractivity (Wildman–Crippen MR) is 84.5 cm³/mol. The van der Waals surface area contributed by atoms with Crippen molar-refractivity contribution < 1.29 is 9.18 Å². The molecule has 1 saturated heterocycles. The minimum atomic E-state index is -0.229. The van der Waals surface area contributed by atoms with Crippen LogP contribution in [0.3, 0.4) is 0 Å². The number of nitrogens with one attached hydrogen (secondary N) is 2. The smallest absolute Gasteiger partial charge is 0.221 e. The average molecular weight is 361 g/mol. The molecule has 1 aliphatic heterocycles. The van der Waals surface area contributed by atoms with E-state index in [9.17, 15) is 9.18 Å². The molecule has 0 bridgehead atoms. The van der Waals surface area contributed by atoms with Crippen LogP contribution in [0, 0.1) is 5.82 Å². The van der Waals surface area contributed by atoms with E-state index in [-0.39, 0.29) is 17.8 Å². The van der Waals surface area contributed by atoms with Crippen molar-refractivity contribution in [2.24, 2.45) is 0 Å². The van der Waals surface area contributed by atoms with Gasteiger partial charge in [-0.1, -0.05) is 15.9 Å². The maximum absolute atomic E-state index is 13.5. The molecule has 20 heavy (non-hydrogen) atoms. The van der Waals surface area contributed by atoms with Gasteiger partial charge in [-0.2, -0.15) is 11.8 Å². The lowest BCUT2D eigenvalue weighted by Crippen LogP contribution is -2.41. The average Bonchev–Trinajstić information content (AvgIpc) is 2.44. The Hall–Kier alpha value is -0.590.